The largest absolute Gasteiger partial charge is 0.148 e. The number of thiophene rings is 1. The molecule has 0 unspecified atom stereocenters. The SMILES string of the molecule is CC.CC.Cc1sccc1Cl. The van der Waals surface area contributed by atoms with Gasteiger partial charge in [0, 0.05) is 4.88 Å². The molecular weight excluding hydrogens is 176 g/mol. The molecule has 1 rings (SSSR count). The molecule has 0 fully saturated rings. The third-order valence-electron chi connectivity index (χ3n) is 0.796. The van der Waals surface area contributed by atoms with Crippen molar-refractivity contribution in [1.82, 2.24) is 0 Å². The number of halogens is 1. The Labute approximate surface area is 79.2 Å². The summed E-state index contributed by atoms with van der Waals surface area (Å²) in [6, 6.07) is 1.90. The van der Waals surface area contributed by atoms with Crippen LogP contribution >= 0.6 is 22.9 Å². The van der Waals surface area contributed by atoms with Crippen LogP contribution in [-0.4, -0.2) is 0 Å². The molecule has 0 spiro atoms. The average Bonchev–Trinajstić information content (AvgIpc) is 2.44. The van der Waals surface area contributed by atoms with Crippen LogP contribution in [0.1, 0.15) is 32.6 Å². The summed E-state index contributed by atoms with van der Waals surface area (Å²) in [5, 5.41) is 2.86. The van der Waals surface area contributed by atoms with Gasteiger partial charge in [0.1, 0.15) is 0 Å². The average molecular weight is 193 g/mol. The first-order chi connectivity index (χ1) is 5.30. The fourth-order valence-corrected chi connectivity index (χ4v) is 1.23. The molecule has 66 valence electrons. The summed E-state index contributed by atoms with van der Waals surface area (Å²) in [6.07, 6.45) is 0. The molecule has 0 nitrogen and oxygen atoms in total. The molecule has 1 aromatic heterocycles. The van der Waals surface area contributed by atoms with E-state index < -0.39 is 0 Å². The van der Waals surface area contributed by atoms with Crippen LogP contribution < -0.4 is 0 Å². The molecule has 0 amide bonds. The fraction of sp³-hybridized carbons (Fsp3) is 0.556. The van der Waals surface area contributed by atoms with Gasteiger partial charge < -0.3 is 0 Å². The minimum absolute atomic E-state index is 0.880. The molecule has 0 bridgehead atoms. The van der Waals surface area contributed by atoms with Crippen molar-refractivity contribution in [2.24, 2.45) is 0 Å². The van der Waals surface area contributed by atoms with E-state index in [9.17, 15) is 0 Å². The second-order valence-corrected chi connectivity index (χ2v) is 2.85. The van der Waals surface area contributed by atoms with Gasteiger partial charge in [0.05, 0.1) is 5.02 Å². The van der Waals surface area contributed by atoms with Crippen molar-refractivity contribution in [1.29, 1.82) is 0 Å². The molecule has 0 saturated carbocycles. The van der Waals surface area contributed by atoms with E-state index in [-0.39, 0.29) is 0 Å². The molecule has 2 heteroatoms. The molecule has 0 N–H and O–H groups in total. The van der Waals surface area contributed by atoms with E-state index in [4.69, 9.17) is 11.6 Å². The second-order valence-electron chi connectivity index (χ2n) is 1.32. The highest BCUT2D eigenvalue weighted by molar-refractivity contribution is 7.10. The van der Waals surface area contributed by atoms with Crippen LogP contribution in [0.3, 0.4) is 0 Å². The Morgan fingerprint density at radius 1 is 1.18 bits per heavy atom. The molecule has 0 aliphatic heterocycles. The van der Waals surface area contributed by atoms with Crippen LogP contribution in [0.25, 0.3) is 0 Å². The summed E-state index contributed by atoms with van der Waals surface area (Å²) >= 11 is 7.31. The van der Waals surface area contributed by atoms with Gasteiger partial charge in [-0.15, -0.1) is 11.3 Å². The highest BCUT2D eigenvalue weighted by atomic mass is 35.5. The summed E-state index contributed by atoms with van der Waals surface area (Å²) in [4.78, 5) is 1.20. The highest BCUT2D eigenvalue weighted by Crippen LogP contribution is 2.19. The summed E-state index contributed by atoms with van der Waals surface area (Å²) in [6.45, 7) is 10.0. The predicted octanol–water partition coefficient (Wildman–Crippen LogP) is 4.76. The molecule has 0 aliphatic rings. The lowest BCUT2D eigenvalue weighted by Gasteiger charge is -1.76. The van der Waals surface area contributed by atoms with Crippen LogP contribution in [0.4, 0.5) is 0 Å². The van der Waals surface area contributed by atoms with E-state index in [1.54, 1.807) is 11.3 Å². The highest BCUT2D eigenvalue weighted by Gasteiger charge is 1.89. The maximum Gasteiger partial charge on any atom is 0.0542 e. The van der Waals surface area contributed by atoms with Gasteiger partial charge in [-0.3, -0.25) is 0 Å². The van der Waals surface area contributed by atoms with E-state index in [0.717, 1.165) is 5.02 Å². The molecule has 0 aromatic carbocycles. The normalized spacial score (nSPS) is 7.09. The fourth-order valence-electron chi connectivity index (χ4n) is 0.369. The Kier molecular flexibility index (Phi) is 12.3. The first-order valence-corrected chi connectivity index (χ1v) is 5.26. The number of hydrogen-bond donors (Lipinski definition) is 0. The van der Waals surface area contributed by atoms with Crippen molar-refractivity contribution in [2.75, 3.05) is 0 Å². The summed E-state index contributed by atoms with van der Waals surface area (Å²) in [7, 11) is 0. The summed E-state index contributed by atoms with van der Waals surface area (Å²) in [5.74, 6) is 0. The third kappa shape index (κ3) is 6.39. The Balaban J connectivity index is 0. The van der Waals surface area contributed by atoms with Gasteiger partial charge in [-0.25, -0.2) is 0 Å². The summed E-state index contributed by atoms with van der Waals surface area (Å²) in [5.41, 5.74) is 0. The van der Waals surface area contributed by atoms with E-state index in [0.29, 0.717) is 0 Å². The Morgan fingerprint density at radius 3 is 1.73 bits per heavy atom. The van der Waals surface area contributed by atoms with E-state index in [1.807, 2.05) is 46.1 Å². The first kappa shape index (κ1) is 13.6. The quantitative estimate of drug-likeness (QED) is 0.556. The van der Waals surface area contributed by atoms with Crippen molar-refractivity contribution in [2.45, 2.75) is 34.6 Å². The molecule has 11 heavy (non-hydrogen) atoms. The Morgan fingerprint density at radius 2 is 1.64 bits per heavy atom. The zero-order valence-electron chi connectivity index (χ0n) is 7.94. The minimum Gasteiger partial charge on any atom is -0.148 e. The van der Waals surface area contributed by atoms with Gasteiger partial charge in [-0.2, -0.15) is 0 Å². The maximum atomic E-state index is 5.63. The number of hydrogen-bond acceptors (Lipinski definition) is 1. The molecule has 0 aliphatic carbocycles. The van der Waals surface area contributed by atoms with Crippen molar-refractivity contribution >= 4 is 22.9 Å². The monoisotopic (exact) mass is 192 g/mol. The zero-order chi connectivity index (χ0) is 9.28. The molecule has 0 atom stereocenters. The van der Waals surface area contributed by atoms with Crippen LogP contribution in [-0.2, 0) is 0 Å². The molecule has 0 saturated heterocycles. The molecule has 0 radical (unpaired) electrons. The van der Waals surface area contributed by atoms with Crippen LogP contribution in [0.15, 0.2) is 11.4 Å². The minimum atomic E-state index is 0.880. The predicted molar refractivity (Wildman–Crippen MR) is 56.8 cm³/mol. The molecule has 1 aromatic rings. The van der Waals surface area contributed by atoms with E-state index in [1.165, 1.54) is 4.88 Å². The van der Waals surface area contributed by atoms with Gasteiger partial charge >= 0.3 is 0 Å². The second kappa shape index (κ2) is 9.99. The maximum absolute atomic E-state index is 5.63. The summed E-state index contributed by atoms with van der Waals surface area (Å²) < 4.78 is 0. The molecule has 1 heterocycles. The van der Waals surface area contributed by atoms with Crippen LogP contribution in [0, 0.1) is 6.92 Å². The Bertz CT molecular complexity index is 142. The van der Waals surface area contributed by atoms with Crippen molar-refractivity contribution in [3.63, 3.8) is 0 Å². The lowest BCUT2D eigenvalue weighted by Crippen LogP contribution is -1.52. The van der Waals surface area contributed by atoms with Crippen LogP contribution in [0.5, 0.6) is 0 Å². The zero-order valence-corrected chi connectivity index (χ0v) is 9.51. The standard InChI is InChI=1S/C5H5ClS.2C2H6/c1-4-5(6)2-3-7-4;2*1-2/h2-3H,1H3;2*1-2H3. The lowest BCUT2D eigenvalue weighted by atomic mass is 10.5. The van der Waals surface area contributed by atoms with Gasteiger partial charge in [-0.05, 0) is 18.4 Å². The molecular formula is C9H17ClS. The van der Waals surface area contributed by atoms with Gasteiger partial charge in [0.15, 0.2) is 0 Å². The number of aryl methyl sites for hydroxylation is 1. The lowest BCUT2D eigenvalue weighted by molar-refractivity contribution is 1.50. The first-order valence-electron chi connectivity index (χ1n) is 4.00. The van der Waals surface area contributed by atoms with Gasteiger partial charge in [0.25, 0.3) is 0 Å². The van der Waals surface area contributed by atoms with Crippen LogP contribution in [0.2, 0.25) is 5.02 Å². The topological polar surface area (TPSA) is 0 Å². The Hall–Kier alpha value is -0.0100. The smallest absolute Gasteiger partial charge is 0.0542 e. The van der Waals surface area contributed by atoms with Crippen molar-refractivity contribution in [3.8, 4) is 0 Å². The van der Waals surface area contributed by atoms with E-state index >= 15 is 0 Å². The van der Waals surface area contributed by atoms with Crippen molar-refractivity contribution in [3.05, 3.63) is 21.3 Å². The van der Waals surface area contributed by atoms with Crippen molar-refractivity contribution < 1.29 is 0 Å². The van der Waals surface area contributed by atoms with Gasteiger partial charge in [0.2, 0.25) is 0 Å². The number of rotatable bonds is 0. The van der Waals surface area contributed by atoms with Gasteiger partial charge in [-0.1, -0.05) is 39.3 Å². The van der Waals surface area contributed by atoms with E-state index in [2.05, 4.69) is 0 Å². The third-order valence-corrected chi connectivity index (χ3v) is 2.16.